The highest BCUT2D eigenvalue weighted by Gasteiger charge is 2.18. The third-order valence-corrected chi connectivity index (χ3v) is 5.05. The number of hydrogen-bond donors (Lipinski definition) is 1. The lowest BCUT2D eigenvalue weighted by molar-refractivity contribution is 0.704. The molecule has 1 nitrogen and oxygen atoms in total. The molecule has 0 aliphatic heterocycles. The molecule has 0 fully saturated rings. The second kappa shape index (κ2) is 5.74. The van der Waals surface area contributed by atoms with E-state index < -0.39 is 0 Å². The van der Waals surface area contributed by atoms with Crippen molar-refractivity contribution in [2.45, 2.75) is 6.04 Å². The van der Waals surface area contributed by atoms with Gasteiger partial charge in [-0.15, -0.1) is 11.3 Å². The van der Waals surface area contributed by atoms with E-state index in [4.69, 9.17) is 23.2 Å². The summed E-state index contributed by atoms with van der Waals surface area (Å²) < 4.78 is 1.28. The number of thiophene rings is 1. The van der Waals surface area contributed by atoms with E-state index in [0.29, 0.717) is 5.02 Å². The fourth-order valence-electron chi connectivity index (χ4n) is 2.33. The highest BCUT2D eigenvalue weighted by molar-refractivity contribution is 7.19. The van der Waals surface area contributed by atoms with Crippen LogP contribution in [0.15, 0.2) is 48.5 Å². The van der Waals surface area contributed by atoms with Gasteiger partial charge in [0.1, 0.15) is 0 Å². The Morgan fingerprint density at radius 1 is 1.05 bits per heavy atom. The Morgan fingerprint density at radius 2 is 1.85 bits per heavy atom. The fourth-order valence-corrected chi connectivity index (χ4v) is 3.93. The molecule has 3 rings (SSSR count). The maximum atomic E-state index is 6.32. The van der Waals surface area contributed by atoms with Crippen molar-refractivity contribution < 1.29 is 0 Å². The highest BCUT2D eigenvalue weighted by Crippen LogP contribution is 2.36. The van der Waals surface area contributed by atoms with E-state index >= 15 is 0 Å². The summed E-state index contributed by atoms with van der Waals surface area (Å²) in [5, 5.41) is 6.01. The fraction of sp³-hybridized carbons (Fsp3) is 0.125. The monoisotopic (exact) mass is 321 g/mol. The number of benzene rings is 2. The van der Waals surface area contributed by atoms with E-state index in [9.17, 15) is 0 Å². The van der Waals surface area contributed by atoms with Crippen molar-refractivity contribution >= 4 is 44.6 Å². The maximum absolute atomic E-state index is 6.32. The van der Waals surface area contributed by atoms with Crippen LogP contribution < -0.4 is 5.32 Å². The van der Waals surface area contributed by atoms with Gasteiger partial charge < -0.3 is 5.32 Å². The Balaban J connectivity index is 2.11. The minimum Gasteiger partial charge on any atom is -0.309 e. The maximum Gasteiger partial charge on any atom is 0.0684 e. The summed E-state index contributed by atoms with van der Waals surface area (Å²) in [4.78, 5) is 1.23. The molecule has 0 aliphatic rings. The zero-order valence-electron chi connectivity index (χ0n) is 10.9. The van der Waals surface area contributed by atoms with Crippen LogP contribution in [0.3, 0.4) is 0 Å². The molecule has 2 aromatic carbocycles. The first-order valence-electron chi connectivity index (χ1n) is 6.29. The topological polar surface area (TPSA) is 12.0 Å². The van der Waals surface area contributed by atoms with E-state index in [1.54, 1.807) is 11.3 Å². The van der Waals surface area contributed by atoms with Gasteiger partial charge in [0.25, 0.3) is 0 Å². The highest BCUT2D eigenvalue weighted by atomic mass is 35.5. The van der Waals surface area contributed by atoms with E-state index in [0.717, 1.165) is 10.6 Å². The van der Waals surface area contributed by atoms with Crippen LogP contribution in [0.2, 0.25) is 10.0 Å². The van der Waals surface area contributed by atoms with Gasteiger partial charge in [0, 0.05) is 19.6 Å². The Morgan fingerprint density at radius 3 is 2.60 bits per heavy atom. The molecule has 0 aliphatic carbocycles. The van der Waals surface area contributed by atoms with E-state index in [-0.39, 0.29) is 6.04 Å². The molecule has 0 bridgehead atoms. The number of halogens is 2. The minimum absolute atomic E-state index is 0.0543. The predicted molar refractivity (Wildman–Crippen MR) is 89.2 cm³/mol. The minimum atomic E-state index is 0.0543. The predicted octanol–water partition coefficient (Wildman–Crippen LogP) is 5.52. The molecule has 0 spiro atoms. The molecular formula is C16H13Cl2NS. The molecule has 0 amide bonds. The van der Waals surface area contributed by atoms with Gasteiger partial charge in [0.15, 0.2) is 0 Å². The van der Waals surface area contributed by atoms with E-state index in [2.05, 4.69) is 35.6 Å². The van der Waals surface area contributed by atoms with Gasteiger partial charge in [-0.05, 0) is 48.3 Å². The Kier molecular flexibility index (Phi) is 3.99. The van der Waals surface area contributed by atoms with Crippen molar-refractivity contribution in [2.24, 2.45) is 0 Å². The number of fused-ring (bicyclic) bond motifs is 1. The van der Waals surface area contributed by atoms with Crippen molar-refractivity contribution in [1.82, 2.24) is 5.32 Å². The second-order valence-electron chi connectivity index (χ2n) is 4.57. The van der Waals surface area contributed by atoms with Crippen LogP contribution >= 0.6 is 34.5 Å². The van der Waals surface area contributed by atoms with Crippen LogP contribution in [0.5, 0.6) is 0 Å². The summed E-state index contributed by atoms with van der Waals surface area (Å²) in [7, 11) is 1.94. The lowest BCUT2D eigenvalue weighted by Gasteiger charge is -2.16. The van der Waals surface area contributed by atoms with Crippen LogP contribution in [0.25, 0.3) is 10.1 Å². The third-order valence-electron chi connectivity index (χ3n) is 3.29. The van der Waals surface area contributed by atoms with Crippen LogP contribution in [0, 0.1) is 0 Å². The summed E-state index contributed by atoms with van der Waals surface area (Å²) in [6, 6.07) is 16.2. The summed E-state index contributed by atoms with van der Waals surface area (Å²) in [5.41, 5.74) is 1.01. The smallest absolute Gasteiger partial charge is 0.0684 e. The molecule has 1 unspecified atom stereocenters. The second-order valence-corrected chi connectivity index (χ2v) is 6.53. The molecule has 20 heavy (non-hydrogen) atoms. The number of rotatable bonds is 3. The van der Waals surface area contributed by atoms with Crippen LogP contribution in [-0.4, -0.2) is 7.05 Å². The first kappa shape index (κ1) is 13.9. The lowest BCUT2D eigenvalue weighted by atomic mass is 10.0. The Hall–Kier alpha value is -1.06. The van der Waals surface area contributed by atoms with Gasteiger partial charge in [0.05, 0.1) is 6.04 Å². The first-order chi connectivity index (χ1) is 9.69. The molecule has 1 heterocycles. The van der Waals surface area contributed by atoms with Crippen molar-refractivity contribution in [1.29, 1.82) is 0 Å². The van der Waals surface area contributed by atoms with Gasteiger partial charge >= 0.3 is 0 Å². The molecule has 1 N–H and O–H groups in total. The summed E-state index contributed by atoms with van der Waals surface area (Å²) in [6.45, 7) is 0. The number of nitrogens with one attached hydrogen (secondary N) is 1. The zero-order valence-corrected chi connectivity index (χ0v) is 13.2. The zero-order chi connectivity index (χ0) is 14.1. The van der Waals surface area contributed by atoms with Gasteiger partial charge in [0.2, 0.25) is 0 Å². The summed E-state index contributed by atoms with van der Waals surface area (Å²) in [5.74, 6) is 0. The molecule has 0 saturated carbocycles. The average molecular weight is 322 g/mol. The Labute approximate surface area is 132 Å². The Bertz CT molecular complexity index is 718. The standard InChI is InChI=1S/C16H13Cl2NS/c1-19-16(12-9-11(17)6-7-13(12)18)15-8-10-4-2-3-5-14(10)20-15/h2-9,16,19H,1H3. The molecule has 3 aromatic rings. The molecule has 1 aromatic heterocycles. The largest absolute Gasteiger partial charge is 0.309 e. The van der Waals surface area contributed by atoms with Crippen molar-refractivity contribution in [3.05, 3.63) is 69.0 Å². The molecule has 102 valence electrons. The average Bonchev–Trinajstić information content (AvgIpc) is 2.87. The first-order valence-corrected chi connectivity index (χ1v) is 7.87. The van der Waals surface area contributed by atoms with Crippen LogP contribution in [0.1, 0.15) is 16.5 Å². The van der Waals surface area contributed by atoms with Gasteiger partial charge in [-0.2, -0.15) is 0 Å². The molecule has 0 saturated heterocycles. The molecule has 0 radical (unpaired) electrons. The third kappa shape index (κ3) is 2.57. The van der Waals surface area contributed by atoms with Crippen LogP contribution in [0.4, 0.5) is 0 Å². The van der Waals surface area contributed by atoms with Gasteiger partial charge in [-0.1, -0.05) is 41.4 Å². The quantitative estimate of drug-likeness (QED) is 0.670. The van der Waals surface area contributed by atoms with Crippen molar-refractivity contribution in [3.8, 4) is 0 Å². The molecule has 1 atom stereocenters. The van der Waals surface area contributed by atoms with Crippen LogP contribution in [-0.2, 0) is 0 Å². The van der Waals surface area contributed by atoms with E-state index in [1.807, 2.05) is 25.2 Å². The summed E-state index contributed by atoms with van der Waals surface area (Å²) >= 11 is 14.2. The SMILES string of the molecule is CNC(c1cc2ccccc2s1)c1cc(Cl)ccc1Cl. The summed E-state index contributed by atoms with van der Waals surface area (Å²) in [6.07, 6.45) is 0. The van der Waals surface area contributed by atoms with Gasteiger partial charge in [-0.25, -0.2) is 0 Å². The van der Waals surface area contributed by atoms with Crippen molar-refractivity contribution in [3.63, 3.8) is 0 Å². The lowest BCUT2D eigenvalue weighted by Crippen LogP contribution is -2.16. The van der Waals surface area contributed by atoms with Crippen molar-refractivity contribution in [2.75, 3.05) is 7.05 Å². The van der Waals surface area contributed by atoms with Gasteiger partial charge in [-0.3, -0.25) is 0 Å². The molecular weight excluding hydrogens is 309 g/mol. The number of hydrogen-bond acceptors (Lipinski definition) is 2. The normalized spacial score (nSPS) is 12.8. The molecule has 4 heteroatoms. The van der Waals surface area contributed by atoms with E-state index in [1.165, 1.54) is 15.0 Å².